The van der Waals surface area contributed by atoms with Crippen molar-refractivity contribution in [2.75, 3.05) is 37.0 Å². The van der Waals surface area contributed by atoms with E-state index in [-0.39, 0.29) is 36.7 Å². The summed E-state index contributed by atoms with van der Waals surface area (Å²) >= 11 is 0. The molecule has 2 amide bonds. The van der Waals surface area contributed by atoms with Crippen molar-refractivity contribution in [3.8, 4) is 0 Å². The largest absolute Gasteiger partial charge is 0.351 e. The van der Waals surface area contributed by atoms with Crippen LogP contribution in [0.5, 0.6) is 0 Å². The third kappa shape index (κ3) is 6.29. The monoisotopic (exact) mass is 465 g/mol. The van der Waals surface area contributed by atoms with E-state index >= 15 is 4.39 Å². The number of hydrogen-bond acceptors (Lipinski definition) is 8. The van der Waals surface area contributed by atoms with Crippen LogP contribution in [-0.2, 0) is 9.59 Å². The SMILES string of the molecule is Cc1nc(NNC(=O)[C@H](CC2CCCC2)CN(O)C=O)c(F)c(N2C[C@@H](C)N(C)[C@@H](C)C2)n1. The van der Waals surface area contributed by atoms with Gasteiger partial charge in [0.2, 0.25) is 18.1 Å². The number of amides is 2. The first kappa shape index (κ1) is 25.1. The summed E-state index contributed by atoms with van der Waals surface area (Å²) in [4.78, 5) is 36.3. The standard InChI is InChI=1S/C22H36FN7O3/c1-14-10-29(11-15(2)28(14)4)21-19(23)20(24-16(3)25-21)26-27-22(32)18(12-30(33)13-31)9-17-7-5-6-8-17/h13-15,17-18,33H,5-12H2,1-4H3,(H,27,32)(H,24,25,26)/t14-,15+,18-/m1/s1. The Morgan fingerprint density at radius 2 is 1.91 bits per heavy atom. The van der Waals surface area contributed by atoms with E-state index in [1.165, 1.54) is 0 Å². The number of nitrogens with zero attached hydrogens (tertiary/aromatic N) is 5. The number of piperazine rings is 1. The van der Waals surface area contributed by atoms with Crippen LogP contribution in [0.2, 0.25) is 0 Å². The number of halogens is 1. The lowest BCUT2D eigenvalue weighted by atomic mass is 9.92. The number of aryl methyl sites for hydroxylation is 1. The smallest absolute Gasteiger partial charge is 0.243 e. The predicted molar refractivity (Wildman–Crippen MR) is 122 cm³/mol. The van der Waals surface area contributed by atoms with E-state index in [9.17, 15) is 14.8 Å². The summed E-state index contributed by atoms with van der Waals surface area (Å²) in [6.07, 6.45) is 5.10. The summed E-state index contributed by atoms with van der Waals surface area (Å²) in [5.74, 6) is -0.840. The normalized spacial score (nSPS) is 22.8. The Labute approximate surface area is 194 Å². The molecule has 11 heteroatoms. The topological polar surface area (TPSA) is 114 Å². The lowest BCUT2D eigenvalue weighted by molar-refractivity contribution is -0.154. The number of likely N-dealkylation sites (N-methyl/N-ethyl adjacent to an activating group) is 1. The minimum Gasteiger partial charge on any atom is -0.351 e. The maximum atomic E-state index is 15.3. The Balaban J connectivity index is 1.71. The van der Waals surface area contributed by atoms with E-state index in [0.717, 1.165) is 25.7 Å². The third-order valence-electron chi connectivity index (χ3n) is 6.90. The number of carbonyl (C=O) groups is 2. The molecule has 3 rings (SSSR count). The summed E-state index contributed by atoms with van der Waals surface area (Å²) in [6.45, 7) is 6.98. The van der Waals surface area contributed by atoms with Crippen molar-refractivity contribution in [2.45, 2.75) is 65.0 Å². The molecule has 1 aromatic heterocycles. The molecule has 2 heterocycles. The lowest BCUT2D eigenvalue weighted by Crippen LogP contribution is -2.55. The van der Waals surface area contributed by atoms with E-state index in [1.54, 1.807) is 6.92 Å². The minimum atomic E-state index is -0.631. The molecule has 1 saturated heterocycles. The van der Waals surface area contributed by atoms with Crippen molar-refractivity contribution >= 4 is 24.0 Å². The molecule has 3 N–H and O–H groups in total. The predicted octanol–water partition coefficient (Wildman–Crippen LogP) is 1.94. The van der Waals surface area contributed by atoms with Crippen LogP contribution in [0.4, 0.5) is 16.0 Å². The number of hydroxylamine groups is 2. The highest BCUT2D eigenvalue weighted by Gasteiger charge is 2.31. The average molecular weight is 466 g/mol. The van der Waals surface area contributed by atoms with Gasteiger partial charge >= 0.3 is 0 Å². The van der Waals surface area contributed by atoms with Gasteiger partial charge in [-0.2, -0.15) is 4.39 Å². The average Bonchev–Trinajstić information content (AvgIpc) is 3.29. The molecule has 2 aliphatic rings. The lowest BCUT2D eigenvalue weighted by Gasteiger charge is -2.43. The summed E-state index contributed by atoms with van der Waals surface area (Å²) < 4.78 is 15.3. The molecule has 0 bridgehead atoms. The van der Waals surface area contributed by atoms with Gasteiger partial charge in [0.25, 0.3) is 0 Å². The summed E-state index contributed by atoms with van der Waals surface area (Å²) in [7, 11) is 2.05. The van der Waals surface area contributed by atoms with Gasteiger partial charge < -0.3 is 4.90 Å². The molecular weight excluding hydrogens is 429 g/mol. The number of anilines is 2. The Morgan fingerprint density at radius 3 is 2.52 bits per heavy atom. The number of hydrogen-bond donors (Lipinski definition) is 3. The molecule has 33 heavy (non-hydrogen) atoms. The number of rotatable bonds is 9. The summed E-state index contributed by atoms with van der Waals surface area (Å²) in [5, 5.41) is 10.1. The summed E-state index contributed by atoms with van der Waals surface area (Å²) in [5.41, 5.74) is 5.14. The van der Waals surface area contributed by atoms with Gasteiger partial charge in [0, 0.05) is 25.2 Å². The highest BCUT2D eigenvalue weighted by molar-refractivity contribution is 5.80. The van der Waals surface area contributed by atoms with Crippen molar-refractivity contribution in [3.63, 3.8) is 0 Å². The van der Waals surface area contributed by atoms with Crippen LogP contribution >= 0.6 is 0 Å². The van der Waals surface area contributed by atoms with Gasteiger partial charge in [-0.3, -0.25) is 30.5 Å². The number of nitrogens with one attached hydrogen (secondary N) is 2. The van der Waals surface area contributed by atoms with E-state index in [0.29, 0.717) is 36.3 Å². The van der Waals surface area contributed by atoms with Crippen LogP contribution in [0.3, 0.4) is 0 Å². The minimum absolute atomic E-state index is 0.110. The van der Waals surface area contributed by atoms with E-state index in [4.69, 9.17) is 0 Å². The van der Waals surface area contributed by atoms with E-state index in [1.807, 2.05) is 4.90 Å². The number of aromatic nitrogens is 2. The molecule has 10 nitrogen and oxygen atoms in total. The molecule has 1 aliphatic carbocycles. The van der Waals surface area contributed by atoms with E-state index in [2.05, 4.69) is 46.6 Å². The van der Waals surface area contributed by atoms with Crippen LogP contribution in [0.1, 0.15) is 51.8 Å². The first-order valence-corrected chi connectivity index (χ1v) is 11.7. The van der Waals surface area contributed by atoms with Crippen molar-refractivity contribution in [2.24, 2.45) is 11.8 Å². The molecule has 1 aromatic rings. The Kier molecular flexibility index (Phi) is 8.41. The zero-order valence-electron chi connectivity index (χ0n) is 19.9. The second kappa shape index (κ2) is 11.1. The fourth-order valence-electron chi connectivity index (χ4n) is 4.82. The number of carbonyl (C=O) groups excluding carboxylic acids is 2. The van der Waals surface area contributed by atoms with Crippen molar-refractivity contribution in [3.05, 3.63) is 11.6 Å². The van der Waals surface area contributed by atoms with Gasteiger partial charge in [0.05, 0.1) is 12.5 Å². The van der Waals surface area contributed by atoms with E-state index < -0.39 is 17.6 Å². The molecular formula is C22H36FN7O3. The maximum absolute atomic E-state index is 15.3. The van der Waals surface area contributed by atoms with Crippen LogP contribution in [0.15, 0.2) is 0 Å². The van der Waals surface area contributed by atoms with Gasteiger partial charge in [-0.15, -0.1) is 0 Å². The molecule has 1 aliphatic heterocycles. The zero-order chi connectivity index (χ0) is 24.1. The fourth-order valence-corrected chi connectivity index (χ4v) is 4.82. The maximum Gasteiger partial charge on any atom is 0.243 e. The van der Waals surface area contributed by atoms with Crippen molar-refractivity contribution in [1.82, 2.24) is 25.4 Å². The van der Waals surface area contributed by atoms with Crippen LogP contribution < -0.4 is 15.8 Å². The summed E-state index contributed by atoms with van der Waals surface area (Å²) in [6, 6.07) is 0.463. The Morgan fingerprint density at radius 1 is 1.27 bits per heavy atom. The van der Waals surface area contributed by atoms with Gasteiger partial charge in [-0.1, -0.05) is 25.7 Å². The molecule has 3 atom stereocenters. The van der Waals surface area contributed by atoms with Gasteiger partial charge in [0.1, 0.15) is 5.82 Å². The van der Waals surface area contributed by atoms with Crippen LogP contribution in [0.25, 0.3) is 0 Å². The Hall–Kier alpha value is -2.53. The van der Waals surface area contributed by atoms with Gasteiger partial charge in [-0.05, 0) is 40.2 Å². The van der Waals surface area contributed by atoms with Crippen molar-refractivity contribution < 1.29 is 19.2 Å². The third-order valence-corrected chi connectivity index (χ3v) is 6.90. The van der Waals surface area contributed by atoms with Crippen LogP contribution in [-0.4, -0.2) is 76.2 Å². The molecule has 0 spiro atoms. The molecule has 184 valence electrons. The molecule has 0 radical (unpaired) electrons. The second-order valence-electron chi connectivity index (χ2n) is 9.45. The highest BCUT2D eigenvalue weighted by Crippen LogP contribution is 2.31. The molecule has 0 unspecified atom stereocenters. The van der Waals surface area contributed by atoms with Gasteiger partial charge in [0.15, 0.2) is 11.6 Å². The van der Waals surface area contributed by atoms with Crippen LogP contribution in [0, 0.1) is 24.6 Å². The fraction of sp³-hybridized carbons (Fsp3) is 0.727. The first-order chi connectivity index (χ1) is 15.7. The van der Waals surface area contributed by atoms with Crippen molar-refractivity contribution in [1.29, 1.82) is 0 Å². The number of hydrazine groups is 1. The second-order valence-corrected chi connectivity index (χ2v) is 9.45. The quantitative estimate of drug-likeness (QED) is 0.288. The highest BCUT2D eigenvalue weighted by atomic mass is 19.1. The Bertz CT molecular complexity index is 824. The zero-order valence-corrected chi connectivity index (χ0v) is 19.9. The first-order valence-electron chi connectivity index (χ1n) is 11.7. The molecule has 0 aromatic carbocycles. The van der Waals surface area contributed by atoms with Gasteiger partial charge in [-0.25, -0.2) is 15.0 Å². The molecule has 1 saturated carbocycles. The molecule has 2 fully saturated rings.